The number of nitriles is 1. The maximum atomic E-state index is 13.0. The molecule has 0 aliphatic rings. The van der Waals surface area contributed by atoms with E-state index in [1.165, 1.54) is 18.1 Å². The van der Waals surface area contributed by atoms with Gasteiger partial charge in [-0.3, -0.25) is 4.79 Å². The molecule has 1 unspecified atom stereocenters. The number of carbonyl (C=O) groups excluding carboxylic acids is 1. The van der Waals surface area contributed by atoms with Crippen molar-refractivity contribution in [3.05, 3.63) is 60.9 Å². The number of aromatic nitrogens is 2. The summed E-state index contributed by atoms with van der Waals surface area (Å²) < 4.78 is 0. The van der Waals surface area contributed by atoms with E-state index < -0.39 is 0 Å². The zero-order valence-electron chi connectivity index (χ0n) is 14.4. The zero-order valence-corrected chi connectivity index (χ0v) is 15.2. The predicted octanol–water partition coefficient (Wildman–Crippen LogP) is 4.06. The van der Waals surface area contributed by atoms with Crippen LogP contribution in [-0.2, 0) is 4.79 Å². The van der Waals surface area contributed by atoms with E-state index in [1.54, 1.807) is 4.90 Å². The van der Waals surface area contributed by atoms with E-state index >= 15 is 0 Å². The summed E-state index contributed by atoms with van der Waals surface area (Å²) in [5.74, 6) is -0.0425. The third-order valence-corrected chi connectivity index (χ3v) is 5.03. The number of para-hydroxylation sites is 2. The summed E-state index contributed by atoms with van der Waals surface area (Å²) in [5.41, 5.74) is 1.65. The number of anilines is 1. The first kappa shape index (κ1) is 17.9. The fourth-order valence-electron chi connectivity index (χ4n) is 2.65. The molecule has 1 atom stereocenters. The molecule has 0 saturated carbocycles. The van der Waals surface area contributed by atoms with Gasteiger partial charge in [-0.1, -0.05) is 48.2 Å². The molecular formula is C20H18N4OS. The van der Waals surface area contributed by atoms with E-state index in [0.29, 0.717) is 6.54 Å². The van der Waals surface area contributed by atoms with Gasteiger partial charge in [-0.05, 0) is 25.1 Å². The van der Waals surface area contributed by atoms with Crippen LogP contribution in [0, 0.1) is 11.3 Å². The van der Waals surface area contributed by atoms with Gasteiger partial charge in [0.25, 0.3) is 0 Å². The Morgan fingerprint density at radius 3 is 2.65 bits per heavy atom. The van der Waals surface area contributed by atoms with Crippen LogP contribution in [0.15, 0.2) is 66.0 Å². The lowest BCUT2D eigenvalue weighted by Crippen LogP contribution is -2.37. The fraction of sp³-hybridized carbons (Fsp3) is 0.200. The number of amides is 1. The van der Waals surface area contributed by atoms with Crippen molar-refractivity contribution in [1.82, 2.24) is 9.97 Å². The number of hydrogen-bond acceptors (Lipinski definition) is 5. The van der Waals surface area contributed by atoms with E-state index in [2.05, 4.69) is 16.0 Å². The topological polar surface area (TPSA) is 69.9 Å². The lowest BCUT2D eigenvalue weighted by Gasteiger charge is -2.25. The third kappa shape index (κ3) is 4.01. The van der Waals surface area contributed by atoms with Crippen LogP contribution in [0.5, 0.6) is 0 Å². The van der Waals surface area contributed by atoms with Gasteiger partial charge in [0.15, 0.2) is 0 Å². The van der Waals surface area contributed by atoms with Crippen LogP contribution in [0.3, 0.4) is 0 Å². The van der Waals surface area contributed by atoms with Crippen molar-refractivity contribution in [2.45, 2.75) is 23.6 Å². The molecule has 1 aromatic heterocycles. The molecule has 0 spiro atoms. The molecule has 0 radical (unpaired) electrons. The van der Waals surface area contributed by atoms with E-state index in [1.807, 2.05) is 61.5 Å². The SMILES string of the molecule is CC(Sc1ncnc2ccccc12)C(=O)N(CCC#N)c1ccccc1. The van der Waals surface area contributed by atoms with Crippen molar-refractivity contribution >= 4 is 34.3 Å². The molecule has 3 rings (SSSR count). The van der Waals surface area contributed by atoms with E-state index in [9.17, 15) is 4.79 Å². The third-order valence-electron chi connectivity index (χ3n) is 3.92. The molecule has 6 heteroatoms. The fourth-order valence-corrected chi connectivity index (χ4v) is 3.62. The lowest BCUT2D eigenvalue weighted by molar-refractivity contribution is -0.117. The number of hydrogen-bond donors (Lipinski definition) is 0. The van der Waals surface area contributed by atoms with Gasteiger partial charge in [-0.15, -0.1) is 0 Å². The first-order valence-corrected chi connectivity index (χ1v) is 9.18. The molecule has 5 nitrogen and oxygen atoms in total. The number of carbonyl (C=O) groups is 1. The molecule has 2 aromatic carbocycles. The maximum Gasteiger partial charge on any atom is 0.240 e. The molecule has 1 heterocycles. The Balaban J connectivity index is 1.83. The monoisotopic (exact) mass is 362 g/mol. The molecule has 0 aliphatic heterocycles. The Bertz CT molecular complexity index is 934. The minimum atomic E-state index is -0.341. The largest absolute Gasteiger partial charge is 0.310 e. The Hall–Kier alpha value is -2.91. The summed E-state index contributed by atoms with van der Waals surface area (Å²) in [4.78, 5) is 23.3. The lowest BCUT2D eigenvalue weighted by atomic mass is 10.2. The van der Waals surface area contributed by atoms with Crippen LogP contribution in [0.1, 0.15) is 13.3 Å². The van der Waals surface area contributed by atoms with Gasteiger partial charge in [0.2, 0.25) is 5.91 Å². The Labute approximate surface area is 156 Å². The van der Waals surface area contributed by atoms with Crippen LogP contribution in [-0.4, -0.2) is 27.7 Å². The van der Waals surface area contributed by atoms with Crippen molar-refractivity contribution in [2.75, 3.05) is 11.4 Å². The van der Waals surface area contributed by atoms with Gasteiger partial charge in [-0.25, -0.2) is 9.97 Å². The average molecular weight is 362 g/mol. The second-order valence-electron chi connectivity index (χ2n) is 5.69. The highest BCUT2D eigenvalue weighted by molar-refractivity contribution is 8.00. The van der Waals surface area contributed by atoms with Gasteiger partial charge in [0.05, 0.1) is 23.3 Å². The summed E-state index contributed by atoms with van der Waals surface area (Å²) in [6.07, 6.45) is 1.81. The predicted molar refractivity (Wildman–Crippen MR) is 104 cm³/mol. The molecule has 26 heavy (non-hydrogen) atoms. The first-order chi connectivity index (χ1) is 12.7. The van der Waals surface area contributed by atoms with Crippen molar-refractivity contribution in [3.63, 3.8) is 0 Å². The summed E-state index contributed by atoms with van der Waals surface area (Å²) in [5, 5.41) is 10.3. The molecule has 0 saturated heterocycles. The van der Waals surface area contributed by atoms with Crippen LogP contribution < -0.4 is 4.90 Å². The molecule has 1 amide bonds. The van der Waals surface area contributed by atoms with Gasteiger partial charge in [0.1, 0.15) is 11.4 Å². The van der Waals surface area contributed by atoms with Crippen LogP contribution in [0.4, 0.5) is 5.69 Å². The molecule has 3 aromatic rings. The molecule has 0 bridgehead atoms. The molecule has 130 valence electrons. The number of fused-ring (bicyclic) bond motifs is 1. The van der Waals surface area contributed by atoms with Crippen molar-refractivity contribution in [1.29, 1.82) is 5.26 Å². The normalized spacial score (nSPS) is 11.7. The highest BCUT2D eigenvalue weighted by Crippen LogP contribution is 2.29. The molecule has 0 fully saturated rings. The minimum absolute atomic E-state index is 0.0425. The van der Waals surface area contributed by atoms with Crippen molar-refractivity contribution < 1.29 is 4.79 Å². The van der Waals surface area contributed by atoms with E-state index in [0.717, 1.165) is 21.6 Å². The summed E-state index contributed by atoms with van der Waals surface area (Å²) in [6.45, 7) is 2.24. The average Bonchev–Trinajstić information content (AvgIpc) is 2.69. The Morgan fingerprint density at radius 1 is 1.15 bits per heavy atom. The Morgan fingerprint density at radius 2 is 1.88 bits per heavy atom. The Kier molecular flexibility index (Phi) is 5.82. The summed E-state index contributed by atoms with van der Waals surface area (Å²) in [6, 6.07) is 19.3. The van der Waals surface area contributed by atoms with Crippen molar-refractivity contribution in [3.8, 4) is 6.07 Å². The van der Waals surface area contributed by atoms with Crippen LogP contribution in [0.25, 0.3) is 10.9 Å². The number of rotatable bonds is 6. The second-order valence-corrected chi connectivity index (χ2v) is 7.02. The van der Waals surface area contributed by atoms with Gasteiger partial charge in [0, 0.05) is 17.6 Å². The first-order valence-electron chi connectivity index (χ1n) is 8.30. The maximum absolute atomic E-state index is 13.0. The van der Waals surface area contributed by atoms with Gasteiger partial charge < -0.3 is 4.90 Å². The van der Waals surface area contributed by atoms with E-state index in [-0.39, 0.29) is 17.6 Å². The second kappa shape index (κ2) is 8.45. The quantitative estimate of drug-likeness (QED) is 0.488. The van der Waals surface area contributed by atoms with Crippen LogP contribution in [0.2, 0.25) is 0 Å². The smallest absolute Gasteiger partial charge is 0.240 e. The molecular weight excluding hydrogens is 344 g/mol. The standard InChI is InChI=1S/C20H18N4OS/c1-15(26-19-17-10-5-6-11-18(17)22-14-23-19)20(25)24(13-7-12-21)16-8-3-2-4-9-16/h2-6,8-11,14-15H,7,13H2,1H3. The van der Waals surface area contributed by atoms with Crippen LogP contribution >= 0.6 is 11.8 Å². The van der Waals surface area contributed by atoms with E-state index in [4.69, 9.17) is 5.26 Å². The number of thioether (sulfide) groups is 1. The van der Waals surface area contributed by atoms with Crippen molar-refractivity contribution in [2.24, 2.45) is 0 Å². The van der Waals surface area contributed by atoms with Gasteiger partial charge >= 0.3 is 0 Å². The molecule has 0 aliphatic carbocycles. The highest BCUT2D eigenvalue weighted by Gasteiger charge is 2.23. The summed E-state index contributed by atoms with van der Waals surface area (Å²) in [7, 11) is 0. The van der Waals surface area contributed by atoms with Gasteiger partial charge in [-0.2, -0.15) is 5.26 Å². The zero-order chi connectivity index (χ0) is 18.4. The number of nitrogens with zero attached hydrogens (tertiary/aromatic N) is 4. The molecule has 0 N–H and O–H groups in total. The minimum Gasteiger partial charge on any atom is -0.310 e. The summed E-state index contributed by atoms with van der Waals surface area (Å²) >= 11 is 1.41. The number of benzene rings is 2. The highest BCUT2D eigenvalue weighted by atomic mass is 32.2.